The van der Waals surface area contributed by atoms with Crippen molar-refractivity contribution in [2.75, 3.05) is 26.4 Å². The van der Waals surface area contributed by atoms with E-state index in [4.69, 9.17) is 9.47 Å². The van der Waals surface area contributed by atoms with Crippen molar-refractivity contribution in [3.05, 3.63) is 59.2 Å². The van der Waals surface area contributed by atoms with Gasteiger partial charge in [0, 0.05) is 25.2 Å². The number of hydrogen-bond donors (Lipinski definition) is 1. The summed E-state index contributed by atoms with van der Waals surface area (Å²) in [6.07, 6.45) is 1.59. The first-order chi connectivity index (χ1) is 13.4. The van der Waals surface area contributed by atoms with Gasteiger partial charge in [-0.05, 0) is 62.4 Å². The van der Waals surface area contributed by atoms with E-state index in [1.54, 1.807) is 12.1 Å². The van der Waals surface area contributed by atoms with Gasteiger partial charge in [0.25, 0.3) is 0 Å². The summed E-state index contributed by atoms with van der Waals surface area (Å²) in [6.45, 7) is 7.85. The van der Waals surface area contributed by atoms with Gasteiger partial charge >= 0.3 is 0 Å². The standard InChI is InChI=1S/C22H29NO4S/c1-4-27-21-17(2)14-20(15-18(21)3)28(24,25)23-16-22(10-12-26-13-11-22)19-8-6-5-7-9-19/h5-9,14-15,23H,4,10-13,16H2,1-3H3. The van der Waals surface area contributed by atoms with E-state index >= 15 is 0 Å². The van der Waals surface area contributed by atoms with Gasteiger partial charge in [0.1, 0.15) is 5.75 Å². The lowest BCUT2D eigenvalue weighted by Gasteiger charge is -2.38. The molecule has 1 aliphatic rings. The van der Waals surface area contributed by atoms with E-state index in [2.05, 4.69) is 16.9 Å². The third-order valence-corrected chi connectivity index (χ3v) is 6.85. The first-order valence-corrected chi connectivity index (χ1v) is 11.2. The lowest BCUT2D eigenvalue weighted by atomic mass is 9.74. The highest BCUT2D eigenvalue weighted by atomic mass is 32.2. The van der Waals surface area contributed by atoms with E-state index in [1.807, 2.05) is 39.0 Å². The molecule has 1 saturated heterocycles. The first-order valence-electron chi connectivity index (χ1n) is 9.75. The highest BCUT2D eigenvalue weighted by Gasteiger charge is 2.35. The van der Waals surface area contributed by atoms with Crippen LogP contribution in [0.2, 0.25) is 0 Å². The summed E-state index contributed by atoms with van der Waals surface area (Å²) in [5, 5.41) is 0. The molecule has 0 atom stereocenters. The largest absolute Gasteiger partial charge is 0.493 e. The molecule has 0 radical (unpaired) electrons. The molecule has 152 valence electrons. The average Bonchev–Trinajstić information content (AvgIpc) is 2.70. The first kappa shape index (κ1) is 20.8. The SMILES string of the molecule is CCOc1c(C)cc(S(=O)(=O)NCC2(c3ccccc3)CCOCC2)cc1C. The summed E-state index contributed by atoms with van der Waals surface area (Å²) < 4.78 is 40.1. The Morgan fingerprint density at radius 3 is 2.25 bits per heavy atom. The Hall–Kier alpha value is -1.89. The molecule has 2 aromatic rings. The van der Waals surface area contributed by atoms with Crippen molar-refractivity contribution in [1.29, 1.82) is 0 Å². The van der Waals surface area contributed by atoms with Gasteiger partial charge in [-0.25, -0.2) is 13.1 Å². The zero-order chi connectivity index (χ0) is 20.2. The van der Waals surface area contributed by atoms with Crippen molar-refractivity contribution in [1.82, 2.24) is 4.72 Å². The maximum atomic E-state index is 13.0. The van der Waals surface area contributed by atoms with Gasteiger partial charge in [-0.1, -0.05) is 30.3 Å². The van der Waals surface area contributed by atoms with Crippen molar-refractivity contribution in [2.45, 2.75) is 43.9 Å². The molecule has 2 aromatic carbocycles. The molecule has 0 unspecified atom stereocenters. The topological polar surface area (TPSA) is 64.6 Å². The molecule has 1 heterocycles. The molecule has 0 aromatic heterocycles. The van der Waals surface area contributed by atoms with Gasteiger partial charge in [-0.3, -0.25) is 0 Å². The van der Waals surface area contributed by atoms with E-state index in [-0.39, 0.29) is 10.3 Å². The van der Waals surface area contributed by atoms with Crippen molar-refractivity contribution in [3.63, 3.8) is 0 Å². The molecule has 5 nitrogen and oxygen atoms in total. The van der Waals surface area contributed by atoms with Crippen LogP contribution in [0.25, 0.3) is 0 Å². The van der Waals surface area contributed by atoms with Crippen molar-refractivity contribution in [2.24, 2.45) is 0 Å². The molecular weight excluding hydrogens is 374 g/mol. The minimum Gasteiger partial charge on any atom is -0.493 e. The van der Waals surface area contributed by atoms with Crippen molar-refractivity contribution < 1.29 is 17.9 Å². The molecule has 1 aliphatic heterocycles. The van der Waals surface area contributed by atoms with E-state index < -0.39 is 10.0 Å². The molecule has 6 heteroatoms. The maximum Gasteiger partial charge on any atom is 0.240 e. The van der Waals surface area contributed by atoms with Gasteiger partial charge in [0.15, 0.2) is 0 Å². The Balaban J connectivity index is 1.85. The Bertz CT molecular complexity index is 880. The average molecular weight is 404 g/mol. The number of aryl methyl sites for hydroxylation is 2. The van der Waals surface area contributed by atoms with Crippen molar-refractivity contribution in [3.8, 4) is 5.75 Å². The van der Waals surface area contributed by atoms with Crippen LogP contribution in [0.4, 0.5) is 0 Å². The maximum absolute atomic E-state index is 13.0. The van der Waals surface area contributed by atoms with Gasteiger partial charge in [-0.2, -0.15) is 0 Å². The fourth-order valence-corrected chi connectivity index (χ4v) is 5.17. The van der Waals surface area contributed by atoms with Gasteiger partial charge in [0.05, 0.1) is 11.5 Å². The molecule has 0 amide bonds. The summed E-state index contributed by atoms with van der Waals surface area (Å²) in [5.41, 5.74) is 2.55. The molecule has 0 bridgehead atoms. The number of hydrogen-bond acceptors (Lipinski definition) is 4. The summed E-state index contributed by atoms with van der Waals surface area (Å²) >= 11 is 0. The lowest BCUT2D eigenvalue weighted by Crippen LogP contribution is -2.44. The highest BCUT2D eigenvalue weighted by Crippen LogP contribution is 2.35. The minimum atomic E-state index is -3.63. The Kier molecular flexibility index (Phi) is 6.43. The number of nitrogens with one attached hydrogen (secondary N) is 1. The predicted molar refractivity (Wildman–Crippen MR) is 110 cm³/mol. The van der Waals surface area contributed by atoms with Gasteiger partial charge in [-0.15, -0.1) is 0 Å². The molecule has 0 aliphatic carbocycles. The number of ether oxygens (including phenoxy) is 2. The third kappa shape index (κ3) is 4.40. The molecule has 1 fully saturated rings. The Morgan fingerprint density at radius 2 is 1.68 bits per heavy atom. The fourth-order valence-electron chi connectivity index (χ4n) is 3.88. The van der Waals surface area contributed by atoms with Crippen LogP contribution in [0.15, 0.2) is 47.4 Å². The van der Waals surface area contributed by atoms with Crippen LogP contribution >= 0.6 is 0 Å². The van der Waals surface area contributed by atoms with E-state index in [0.29, 0.717) is 26.4 Å². The quantitative estimate of drug-likeness (QED) is 0.765. The zero-order valence-electron chi connectivity index (χ0n) is 16.8. The van der Waals surface area contributed by atoms with Gasteiger partial charge in [0.2, 0.25) is 10.0 Å². The van der Waals surface area contributed by atoms with Crippen molar-refractivity contribution >= 4 is 10.0 Å². The zero-order valence-corrected chi connectivity index (χ0v) is 17.6. The van der Waals surface area contributed by atoms with Crippen LogP contribution in [0.3, 0.4) is 0 Å². The second kappa shape index (κ2) is 8.64. The summed E-state index contributed by atoms with van der Waals surface area (Å²) in [7, 11) is -3.63. The van der Waals surface area contributed by atoms with Gasteiger partial charge < -0.3 is 9.47 Å². The van der Waals surface area contributed by atoms with Crippen LogP contribution in [-0.2, 0) is 20.2 Å². The molecule has 0 spiro atoms. The summed E-state index contributed by atoms with van der Waals surface area (Å²) in [4.78, 5) is 0.279. The lowest BCUT2D eigenvalue weighted by molar-refractivity contribution is 0.0517. The van der Waals surface area contributed by atoms with Crippen LogP contribution < -0.4 is 9.46 Å². The van der Waals surface area contributed by atoms with E-state index in [0.717, 1.165) is 35.3 Å². The summed E-state index contributed by atoms with van der Waals surface area (Å²) in [5.74, 6) is 0.756. The number of benzene rings is 2. The molecule has 1 N–H and O–H groups in total. The normalized spacial score (nSPS) is 16.7. The number of rotatable bonds is 7. The third-order valence-electron chi connectivity index (χ3n) is 5.47. The fraction of sp³-hybridized carbons (Fsp3) is 0.455. The van der Waals surface area contributed by atoms with Crippen LogP contribution in [-0.4, -0.2) is 34.8 Å². The smallest absolute Gasteiger partial charge is 0.240 e. The molecular formula is C22H29NO4S. The van der Waals surface area contributed by atoms with E-state index in [1.165, 1.54) is 0 Å². The Morgan fingerprint density at radius 1 is 1.07 bits per heavy atom. The monoisotopic (exact) mass is 403 g/mol. The molecule has 28 heavy (non-hydrogen) atoms. The van der Waals surface area contributed by atoms with Crippen LogP contribution in [0, 0.1) is 13.8 Å². The summed E-state index contributed by atoms with van der Waals surface area (Å²) in [6, 6.07) is 13.5. The molecule has 3 rings (SSSR count). The minimum absolute atomic E-state index is 0.248. The predicted octanol–water partition coefficient (Wildman–Crippen LogP) is 3.73. The highest BCUT2D eigenvalue weighted by molar-refractivity contribution is 7.89. The second-order valence-electron chi connectivity index (χ2n) is 7.40. The number of sulfonamides is 1. The second-order valence-corrected chi connectivity index (χ2v) is 9.17. The van der Waals surface area contributed by atoms with Crippen LogP contribution in [0.1, 0.15) is 36.5 Å². The van der Waals surface area contributed by atoms with Crippen LogP contribution in [0.5, 0.6) is 5.75 Å². The molecule has 0 saturated carbocycles. The van der Waals surface area contributed by atoms with E-state index in [9.17, 15) is 8.42 Å². The Labute approximate surface area is 168 Å².